The van der Waals surface area contributed by atoms with E-state index in [9.17, 15) is 8.78 Å². The van der Waals surface area contributed by atoms with Gasteiger partial charge in [0.05, 0.1) is 13.2 Å². The van der Waals surface area contributed by atoms with Crippen molar-refractivity contribution in [2.75, 3.05) is 33.3 Å². The van der Waals surface area contributed by atoms with Crippen molar-refractivity contribution >= 4 is 0 Å². The highest BCUT2D eigenvalue weighted by atomic mass is 19.1. The van der Waals surface area contributed by atoms with Crippen LogP contribution in [0.1, 0.15) is 30.0 Å². The fraction of sp³-hybridized carbons (Fsp3) is 0.391. The van der Waals surface area contributed by atoms with Crippen LogP contribution in [0.5, 0.6) is 5.75 Å². The fourth-order valence-corrected chi connectivity index (χ4v) is 3.88. The van der Waals surface area contributed by atoms with E-state index in [1.807, 2.05) is 6.92 Å². The molecule has 0 aliphatic carbocycles. The molecule has 2 heterocycles. The molecule has 1 aliphatic rings. The van der Waals surface area contributed by atoms with Gasteiger partial charge in [-0.15, -0.1) is 0 Å². The normalized spacial score (nSPS) is 16.4. The molecule has 3 aromatic rings. The Hall–Kier alpha value is -2.84. The van der Waals surface area contributed by atoms with Crippen molar-refractivity contribution in [1.29, 1.82) is 0 Å². The van der Waals surface area contributed by atoms with E-state index >= 15 is 0 Å². The summed E-state index contributed by atoms with van der Waals surface area (Å²) < 4.78 is 38.0. The number of hydrogen-bond donors (Lipinski definition) is 0. The summed E-state index contributed by atoms with van der Waals surface area (Å²) in [5.41, 5.74) is 2.12. The predicted molar refractivity (Wildman–Crippen MR) is 113 cm³/mol. The van der Waals surface area contributed by atoms with Gasteiger partial charge in [-0.1, -0.05) is 5.16 Å². The van der Waals surface area contributed by atoms with Crippen LogP contribution in [0.3, 0.4) is 0 Å². The second kappa shape index (κ2) is 9.11. The van der Waals surface area contributed by atoms with E-state index in [1.165, 1.54) is 18.2 Å². The zero-order chi connectivity index (χ0) is 22.0. The Morgan fingerprint density at radius 1 is 1.10 bits per heavy atom. The van der Waals surface area contributed by atoms with Gasteiger partial charge in [-0.2, -0.15) is 4.98 Å². The summed E-state index contributed by atoms with van der Waals surface area (Å²) >= 11 is 0. The van der Waals surface area contributed by atoms with E-state index in [-0.39, 0.29) is 17.7 Å². The summed E-state index contributed by atoms with van der Waals surface area (Å²) in [6, 6.07) is 9.36. The second-order valence-electron chi connectivity index (χ2n) is 7.86. The van der Waals surface area contributed by atoms with Gasteiger partial charge >= 0.3 is 0 Å². The van der Waals surface area contributed by atoms with Crippen molar-refractivity contribution in [2.24, 2.45) is 0 Å². The van der Waals surface area contributed by atoms with Crippen LogP contribution in [-0.2, 0) is 6.54 Å². The van der Waals surface area contributed by atoms with E-state index < -0.39 is 0 Å². The molecule has 6 nitrogen and oxygen atoms in total. The summed E-state index contributed by atoms with van der Waals surface area (Å²) in [6.07, 6.45) is 0. The van der Waals surface area contributed by atoms with E-state index in [2.05, 4.69) is 19.9 Å². The van der Waals surface area contributed by atoms with Gasteiger partial charge in [-0.3, -0.25) is 9.80 Å². The number of piperazine rings is 1. The highest BCUT2D eigenvalue weighted by Crippen LogP contribution is 2.26. The molecule has 1 atom stereocenters. The maximum atomic E-state index is 13.6. The van der Waals surface area contributed by atoms with Crippen molar-refractivity contribution in [3.63, 3.8) is 0 Å². The van der Waals surface area contributed by atoms with Crippen molar-refractivity contribution in [2.45, 2.75) is 26.4 Å². The Balaban J connectivity index is 1.37. The van der Waals surface area contributed by atoms with Gasteiger partial charge in [-0.25, -0.2) is 8.78 Å². The van der Waals surface area contributed by atoms with Gasteiger partial charge in [0.15, 0.2) is 0 Å². The first kappa shape index (κ1) is 21.4. The van der Waals surface area contributed by atoms with Crippen molar-refractivity contribution < 1.29 is 18.0 Å². The number of aromatic nitrogens is 2. The minimum atomic E-state index is -0.258. The SMILES string of the molecule is COc1ccc(F)cc1CN1CCN(C(C)c2nc(-c3ccc(F)c(C)c3)no2)CC1. The maximum Gasteiger partial charge on any atom is 0.244 e. The molecule has 0 spiro atoms. The van der Waals surface area contributed by atoms with Gasteiger partial charge in [0.1, 0.15) is 17.4 Å². The smallest absolute Gasteiger partial charge is 0.244 e. The predicted octanol–water partition coefficient (Wildman–Crippen LogP) is 4.21. The van der Waals surface area contributed by atoms with Crippen LogP contribution in [0, 0.1) is 18.6 Å². The lowest BCUT2D eigenvalue weighted by atomic mass is 10.1. The van der Waals surface area contributed by atoms with E-state index in [0.717, 1.165) is 37.3 Å². The Kier molecular flexibility index (Phi) is 6.29. The molecule has 1 aromatic heterocycles. The lowest BCUT2D eigenvalue weighted by Crippen LogP contribution is -2.46. The molecule has 1 fully saturated rings. The highest BCUT2D eigenvalue weighted by Gasteiger charge is 2.26. The largest absolute Gasteiger partial charge is 0.496 e. The number of halogens is 2. The topological polar surface area (TPSA) is 54.6 Å². The monoisotopic (exact) mass is 428 g/mol. The van der Waals surface area contributed by atoms with Gasteiger partial charge in [-0.05, 0) is 55.8 Å². The standard InChI is InChI=1S/C23H26F2N4O2/c1-15-12-17(4-6-20(15)25)22-26-23(31-27-22)16(2)29-10-8-28(9-11-29)14-18-13-19(24)5-7-21(18)30-3/h4-7,12-13,16H,8-11,14H2,1-3H3. The summed E-state index contributed by atoms with van der Waals surface area (Å²) in [4.78, 5) is 9.09. The molecular weight excluding hydrogens is 402 g/mol. The van der Waals surface area contributed by atoms with Crippen LogP contribution in [0.15, 0.2) is 40.9 Å². The average molecular weight is 428 g/mol. The molecular formula is C23H26F2N4O2. The van der Waals surface area contributed by atoms with Gasteiger partial charge in [0.2, 0.25) is 11.7 Å². The molecule has 31 heavy (non-hydrogen) atoms. The number of nitrogens with zero attached hydrogens (tertiary/aromatic N) is 4. The molecule has 0 amide bonds. The molecule has 0 bridgehead atoms. The molecule has 164 valence electrons. The van der Waals surface area contributed by atoms with Crippen molar-refractivity contribution in [3.05, 3.63) is 65.1 Å². The number of ether oxygens (including phenoxy) is 1. The lowest BCUT2D eigenvalue weighted by Gasteiger charge is -2.37. The molecule has 8 heteroatoms. The second-order valence-corrected chi connectivity index (χ2v) is 7.86. The van der Waals surface area contributed by atoms with E-state index in [0.29, 0.717) is 29.6 Å². The fourth-order valence-electron chi connectivity index (χ4n) is 3.88. The van der Waals surface area contributed by atoms with Crippen LogP contribution in [0.2, 0.25) is 0 Å². The number of rotatable bonds is 6. The van der Waals surface area contributed by atoms with Gasteiger partial charge in [0, 0.05) is 43.9 Å². The quantitative estimate of drug-likeness (QED) is 0.586. The third kappa shape index (κ3) is 4.75. The Labute approximate surface area is 180 Å². The van der Waals surface area contributed by atoms with E-state index in [4.69, 9.17) is 9.26 Å². The van der Waals surface area contributed by atoms with Crippen LogP contribution in [0.4, 0.5) is 8.78 Å². The number of methoxy groups -OCH3 is 1. The Bertz CT molecular complexity index is 1050. The minimum absolute atomic E-state index is 0.0337. The summed E-state index contributed by atoms with van der Waals surface area (Å²) in [6.45, 7) is 7.71. The number of aryl methyl sites for hydroxylation is 1. The van der Waals surface area contributed by atoms with Crippen LogP contribution < -0.4 is 4.74 Å². The zero-order valence-electron chi connectivity index (χ0n) is 17.9. The van der Waals surface area contributed by atoms with Crippen LogP contribution in [-0.4, -0.2) is 53.2 Å². The number of hydrogen-bond acceptors (Lipinski definition) is 6. The van der Waals surface area contributed by atoms with Crippen molar-refractivity contribution in [1.82, 2.24) is 19.9 Å². The maximum absolute atomic E-state index is 13.6. The first-order chi connectivity index (χ1) is 14.9. The molecule has 1 saturated heterocycles. The third-order valence-corrected chi connectivity index (χ3v) is 5.81. The average Bonchev–Trinajstić information content (AvgIpc) is 3.26. The highest BCUT2D eigenvalue weighted by molar-refractivity contribution is 5.55. The Morgan fingerprint density at radius 2 is 1.87 bits per heavy atom. The molecule has 0 N–H and O–H groups in total. The van der Waals surface area contributed by atoms with Crippen LogP contribution in [0.25, 0.3) is 11.4 Å². The summed E-state index contributed by atoms with van der Waals surface area (Å²) in [5, 5.41) is 4.08. The molecule has 4 rings (SSSR count). The molecule has 0 saturated carbocycles. The third-order valence-electron chi connectivity index (χ3n) is 5.81. The number of benzene rings is 2. The van der Waals surface area contributed by atoms with Crippen molar-refractivity contribution in [3.8, 4) is 17.1 Å². The minimum Gasteiger partial charge on any atom is -0.496 e. The lowest BCUT2D eigenvalue weighted by molar-refractivity contribution is 0.0840. The molecule has 1 unspecified atom stereocenters. The molecule has 1 aliphatic heterocycles. The van der Waals surface area contributed by atoms with E-state index in [1.54, 1.807) is 32.2 Å². The first-order valence-corrected chi connectivity index (χ1v) is 10.3. The summed E-state index contributed by atoms with van der Waals surface area (Å²) in [5.74, 6) is 1.19. The Morgan fingerprint density at radius 3 is 2.58 bits per heavy atom. The van der Waals surface area contributed by atoms with Gasteiger partial charge in [0.25, 0.3) is 0 Å². The summed E-state index contributed by atoms with van der Waals surface area (Å²) in [7, 11) is 1.60. The van der Waals surface area contributed by atoms with Crippen LogP contribution >= 0.6 is 0 Å². The van der Waals surface area contributed by atoms with Gasteiger partial charge < -0.3 is 9.26 Å². The first-order valence-electron chi connectivity index (χ1n) is 10.3. The zero-order valence-corrected chi connectivity index (χ0v) is 17.9. The molecule has 2 aromatic carbocycles. The molecule has 0 radical (unpaired) electrons.